The number of allylic oxidation sites excluding steroid dienone is 6. The second-order valence-corrected chi connectivity index (χ2v) is 24.3. The third-order valence-electron chi connectivity index (χ3n) is 16.6. The van der Waals surface area contributed by atoms with Crippen LogP contribution in [0.4, 0.5) is 0 Å². The number of carbonyl (C=O) groups excluding carboxylic acids is 1. The van der Waals surface area contributed by atoms with Gasteiger partial charge in [0, 0.05) is 13.0 Å². The van der Waals surface area contributed by atoms with E-state index in [1.54, 1.807) is 0 Å². The molecule has 7 N–H and O–H groups in total. The van der Waals surface area contributed by atoms with Gasteiger partial charge in [-0.3, -0.25) is 4.79 Å². The van der Waals surface area contributed by atoms with E-state index in [1.165, 1.54) is 225 Å². The summed E-state index contributed by atoms with van der Waals surface area (Å²) in [5.74, 6) is -0.371. The number of hydrogen-bond acceptors (Lipinski definition) is 14. The quantitative estimate of drug-likeness (QED) is 0.0171. The molecule has 2 rings (SSSR count). The summed E-state index contributed by atoms with van der Waals surface area (Å²) in [5, 5.41) is 72.6. The van der Waals surface area contributed by atoms with Crippen molar-refractivity contribution >= 4 is 5.97 Å². The standard InChI is InChI=1S/C69H128O14/c1-3-5-7-9-11-13-15-17-19-21-23-25-27-28-29-31-33-35-37-39-41-43-45-47-49-51-53-78-55-58(56-79-68-67(77)65(75)63(73)60(83-68)57-80-69-66(76)64(74)62(72)59(54-70)82-69)81-61(71)52-50-48-46-44-42-40-38-36-34-32-30-26-24-22-20-18-16-14-12-10-8-6-4-2/h15,17,21-24,58-60,62-70,72-77H,3-14,16,18-20,25-57H2,1-2H3/b17-15-,23-21-,24-22-. The Morgan fingerprint density at radius 3 is 1.17 bits per heavy atom. The largest absolute Gasteiger partial charge is 0.457 e. The molecule has 488 valence electrons. The van der Waals surface area contributed by atoms with Crippen LogP contribution in [0, 0.1) is 0 Å². The summed E-state index contributed by atoms with van der Waals surface area (Å²) in [7, 11) is 0. The predicted octanol–water partition coefficient (Wildman–Crippen LogP) is 14.4. The van der Waals surface area contributed by atoms with Gasteiger partial charge in [0.25, 0.3) is 0 Å². The van der Waals surface area contributed by atoms with Crippen molar-refractivity contribution in [1.29, 1.82) is 0 Å². The third-order valence-corrected chi connectivity index (χ3v) is 16.6. The first-order valence-electron chi connectivity index (χ1n) is 34.6. The lowest BCUT2D eigenvalue weighted by atomic mass is 9.98. The summed E-state index contributed by atoms with van der Waals surface area (Å²) in [6.45, 7) is 3.74. The summed E-state index contributed by atoms with van der Waals surface area (Å²) < 4.78 is 34.6. The van der Waals surface area contributed by atoms with Crippen molar-refractivity contribution in [3.05, 3.63) is 36.5 Å². The van der Waals surface area contributed by atoms with Crippen molar-refractivity contribution < 1.29 is 69.0 Å². The maximum absolute atomic E-state index is 13.1. The molecule has 0 saturated carbocycles. The zero-order valence-corrected chi connectivity index (χ0v) is 53.0. The fraction of sp³-hybridized carbons (Fsp3) is 0.899. The van der Waals surface area contributed by atoms with Gasteiger partial charge in [-0.2, -0.15) is 0 Å². The number of aliphatic hydroxyl groups is 7. The fourth-order valence-electron chi connectivity index (χ4n) is 11.1. The molecule has 14 heteroatoms. The highest BCUT2D eigenvalue weighted by atomic mass is 16.7. The minimum Gasteiger partial charge on any atom is -0.457 e. The summed E-state index contributed by atoms with van der Waals surface area (Å²) in [6, 6.07) is 0. The highest BCUT2D eigenvalue weighted by Gasteiger charge is 2.47. The van der Waals surface area contributed by atoms with Gasteiger partial charge in [0.2, 0.25) is 0 Å². The highest BCUT2D eigenvalue weighted by molar-refractivity contribution is 5.69. The van der Waals surface area contributed by atoms with Gasteiger partial charge in [-0.1, -0.05) is 256 Å². The van der Waals surface area contributed by atoms with E-state index >= 15 is 0 Å². The van der Waals surface area contributed by atoms with E-state index in [1.807, 2.05) is 0 Å². The first-order valence-corrected chi connectivity index (χ1v) is 34.6. The van der Waals surface area contributed by atoms with Gasteiger partial charge < -0.3 is 64.2 Å². The summed E-state index contributed by atoms with van der Waals surface area (Å²) >= 11 is 0. The average Bonchev–Trinajstić information content (AvgIpc) is 3.69. The minimum absolute atomic E-state index is 0.0641. The molecule has 0 aromatic carbocycles. The fourth-order valence-corrected chi connectivity index (χ4v) is 11.1. The monoisotopic (exact) mass is 1180 g/mol. The van der Waals surface area contributed by atoms with Gasteiger partial charge in [-0.25, -0.2) is 0 Å². The van der Waals surface area contributed by atoms with Crippen LogP contribution in [0.25, 0.3) is 0 Å². The van der Waals surface area contributed by atoms with E-state index in [2.05, 4.69) is 50.3 Å². The first-order chi connectivity index (χ1) is 40.6. The molecule has 0 amide bonds. The zero-order chi connectivity index (χ0) is 60.1. The molecule has 0 bridgehead atoms. The number of hydrogen-bond donors (Lipinski definition) is 7. The average molecular weight is 1180 g/mol. The maximum atomic E-state index is 13.1. The van der Waals surface area contributed by atoms with Crippen LogP contribution in [0.5, 0.6) is 0 Å². The number of ether oxygens (including phenoxy) is 6. The highest BCUT2D eigenvalue weighted by Crippen LogP contribution is 2.27. The molecular weight excluding hydrogens is 1050 g/mol. The second kappa shape index (κ2) is 55.5. The van der Waals surface area contributed by atoms with E-state index < -0.39 is 80.7 Å². The van der Waals surface area contributed by atoms with Crippen LogP contribution in [0.3, 0.4) is 0 Å². The van der Waals surface area contributed by atoms with Crippen molar-refractivity contribution in [2.24, 2.45) is 0 Å². The lowest BCUT2D eigenvalue weighted by Gasteiger charge is -2.42. The Hall–Kier alpha value is -1.79. The number of esters is 1. The van der Waals surface area contributed by atoms with Crippen molar-refractivity contribution in [1.82, 2.24) is 0 Å². The second-order valence-electron chi connectivity index (χ2n) is 24.3. The van der Waals surface area contributed by atoms with Crippen LogP contribution in [0.1, 0.15) is 296 Å². The Balaban J connectivity index is 1.64. The lowest BCUT2D eigenvalue weighted by Crippen LogP contribution is -2.61. The SMILES string of the molecule is CCCCCCC/C=C\C/C=C\CCCCCCCCCCCCCCCCOCC(COC1OC(COC2OC(CO)C(O)C(O)C2O)C(O)C(O)C1O)OC(=O)CCCCCCCCCCCCC/C=C\CCCCCCCCCC. The van der Waals surface area contributed by atoms with E-state index in [4.69, 9.17) is 28.4 Å². The summed E-state index contributed by atoms with van der Waals surface area (Å²) in [4.78, 5) is 13.1. The zero-order valence-electron chi connectivity index (χ0n) is 53.0. The number of carbonyl (C=O) groups is 1. The topological polar surface area (TPSA) is 214 Å². The van der Waals surface area contributed by atoms with E-state index in [9.17, 15) is 40.5 Å². The number of aliphatic hydroxyl groups excluding tert-OH is 7. The normalized spacial score (nSPS) is 23.6. The van der Waals surface area contributed by atoms with Crippen LogP contribution in [-0.4, -0.2) is 142 Å². The molecule has 2 aliphatic rings. The van der Waals surface area contributed by atoms with E-state index in [0.717, 1.165) is 44.9 Å². The molecule has 2 aliphatic heterocycles. The Kier molecular flexibility index (Phi) is 51.7. The van der Waals surface area contributed by atoms with Gasteiger partial charge in [0.1, 0.15) is 54.9 Å². The molecule has 2 fully saturated rings. The van der Waals surface area contributed by atoms with E-state index in [-0.39, 0.29) is 25.6 Å². The Bertz CT molecular complexity index is 1510. The Morgan fingerprint density at radius 1 is 0.398 bits per heavy atom. The lowest BCUT2D eigenvalue weighted by molar-refractivity contribution is -0.332. The van der Waals surface area contributed by atoms with Crippen molar-refractivity contribution in [2.45, 2.75) is 364 Å². The van der Waals surface area contributed by atoms with Gasteiger partial charge in [0.15, 0.2) is 12.6 Å². The van der Waals surface area contributed by atoms with Gasteiger partial charge >= 0.3 is 5.97 Å². The Labute approximate surface area is 506 Å². The molecule has 11 atom stereocenters. The molecule has 0 spiro atoms. The van der Waals surface area contributed by atoms with Crippen molar-refractivity contribution in [3.63, 3.8) is 0 Å². The van der Waals surface area contributed by atoms with E-state index in [0.29, 0.717) is 13.0 Å². The Morgan fingerprint density at radius 2 is 0.747 bits per heavy atom. The summed E-state index contributed by atoms with van der Waals surface area (Å²) in [6.07, 6.45) is 52.2. The number of rotatable bonds is 58. The van der Waals surface area contributed by atoms with Crippen LogP contribution in [-0.2, 0) is 33.2 Å². The van der Waals surface area contributed by atoms with Crippen molar-refractivity contribution in [3.8, 4) is 0 Å². The van der Waals surface area contributed by atoms with Gasteiger partial charge in [-0.05, 0) is 70.6 Å². The van der Waals surface area contributed by atoms with Crippen molar-refractivity contribution in [2.75, 3.05) is 33.0 Å². The molecule has 0 aromatic heterocycles. The van der Waals surface area contributed by atoms with Crippen LogP contribution in [0.2, 0.25) is 0 Å². The molecule has 83 heavy (non-hydrogen) atoms. The van der Waals surface area contributed by atoms with Gasteiger partial charge in [-0.15, -0.1) is 0 Å². The smallest absolute Gasteiger partial charge is 0.306 e. The molecule has 0 aromatic rings. The van der Waals surface area contributed by atoms with Crippen LogP contribution >= 0.6 is 0 Å². The maximum Gasteiger partial charge on any atom is 0.306 e. The van der Waals surface area contributed by atoms with Crippen LogP contribution < -0.4 is 0 Å². The van der Waals surface area contributed by atoms with Crippen LogP contribution in [0.15, 0.2) is 36.5 Å². The number of unbranched alkanes of at least 4 members (excludes halogenated alkanes) is 38. The molecule has 11 unspecified atom stereocenters. The first kappa shape index (κ1) is 77.3. The molecule has 0 radical (unpaired) electrons. The third kappa shape index (κ3) is 41.1. The molecular formula is C69H128O14. The molecule has 14 nitrogen and oxygen atoms in total. The summed E-state index contributed by atoms with van der Waals surface area (Å²) in [5.41, 5.74) is 0. The van der Waals surface area contributed by atoms with Gasteiger partial charge in [0.05, 0.1) is 26.4 Å². The molecule has 0 aliphatic carbocycles. The molecule has 2 heterocycles. The minimum atomic E-state index is -1.71. The molecule has 2 saturated heterocycles. The predicted molar refractivity (Wildman–Crippen MR) is 335 cm³/mol.